The number of hydroxylamine groups is 2. The Hall–Kier alpha value is -2.31. The molecule has 2 aromatic rings. The minimum Gasteiger partial charge on any atom is -0.349 e. The van der Waals surface area contributed by atoms with Gasteiger partial charge in [-0.25, -0.2) is 4.39 Å². The number of hydrogen-bond donors (Lipinski definition) is 2. The van der Waals surface area contributed by atoms with E-state index in [0.717, 1.165) is 12.8 Å². The third-order valence-electron chi connectivity index (χ3n) is 3.95. The number of hydrogen-bond acceptors (Lipinski definition) is 4. The van der Waals surface area contributed by atoms with Crippen LogP contribution < -0.4 is 5.32 Å². The highest BCUT2D eigenvalue weighted by molar-refractivity contribution is 5.94. The Balaban J connectivity index is 1.66. The first kappa shape index (κ1) is 15.6. The van der Waals surface area contributed by atoms with E-state index in [9.17, 15) is 14.4 Å². The molecule has 1 aromatic heterocycles. The molecule has 0 radical (unpaired) electrons. The van der Waals surface area contributed by atoms with Crippen LogP contribution in [0.3, 0.4) is 0 Å². The summed E-state index contributed by atoms with van der Waals surface area (Å²) in [6.07, 6.45) is 2.94. The molecule has 2 N–H and O–H groups in total. The first-order chi connectivity index (χ1) is 11.1. The van der Waals surface area contributed by atoms with Crippen LogP contribution in [0.25, 0.3) is 11.3 Å². The molecular formula is C17H18FN3O2. The van der Waals surface area contributed by atoms with Crippen LogP contribution in [0.1, 0.15) is 23.2 Å². The SMILES string of the molecule is O=C(NC1CCN(O)CC1)c1ccc(-c2cccc(F)c2)nc1. The van der Waals surface area contributed by atoms with Gasteiger partial charge in [0.25, 0.3) is 5.91 Å². The summed E-state index contributed by atoms with van der Waals surface area (Å²) in [5.74, 6) is -0.499. The standard InChI is InChI=1S/C17H18FN3O2/c18-14-3-1-2-12(10-14)16-5-4-13(11-19-16)17(22)20-15-6-8-21(23)9-7-15/h1-5,10-11,15,23H,6-9H2,(H,20,22). The Morgan fingerprint density at radius 1 is 1.26 bits per heavy atom. The summed E-state index contributed by atoms with van der Waals surface area (Å²) in [7, 11) is 0. The van der Waals surface area contributed by atoms with Gasteiger partial charge in [0, 0.05) is 30.9 Å². The van der Waals surface area contributed by atoms with Crippen molar-refractivity contribution in [3.63, 3.8) is 0 Å². The number of carbonyl (C=O) groups is 1. The molecule has 5 nitrogen and oxygen atoms in total. The summed E-state index contributed by atoms with van der Waals surface area (Å²) >= 11 is 0. The topological polar surface area (TPSA) is 65.5 Å². The molecule has 0 unspecified atom stereocenters. The van der Waals surface area contributed by atoms with Crippen LogP contribution in [0, 0.1) is 5.82 Å². The van der Waals surface area contributed by atoms with Crippen molar-refractivity contribution in [2.75, 3.05) is 13.1 Å². The van der Waals surface area contributed by atoms with Crippen LogP contribution in [0.4, 0.5) is 4.39 Å². The Bertz CT molecular complexity index is 682. The molecule has 1 amide bonds. The lowest BCUT2D eigenvalue weighted by atomic mass is 10.1. The Morgan fingerprint density at radius 3 is 2.70 bits per heavy atom. The molecule has 0 spiro atoms. The average Bonchev–Trinajstić information content (AvgIpc) is 2.57. The fraction of sp³-hybridized carbons (Fsp3) is 0.294. The van der Waals surface area contributed by atoms with Crippen molar-refractivity contribution < 1.29 is 14.4 Å². The number of nitrogens with one attached hydrogen (secondary N) is 1. The molecule has 0 atom stereocenters. The number of rotatable bonds is 3. The van der Waals surface area contributed by atoms with Gasteiger partial charge in [0.05, 0.1) is 11.3 Å². The Kier molecular flexibility index (Phi) is 4.64. The number of amides is 1. The summed E-state index contributed by atoms with van der Waals surface area (Å²) in [6.45, 7) is 1.11. The van der Waals surface area contributed by atoms with Gasteiger partial charge in [0.2, 0.25) is 0 Å². The first-order valence-corrected chi connectivity index (χ1v) is 7.58. The van der Waals surface area contributed by atoms with Crippen LogP contribution in [-0.4, -0.2) is 40.3 Å². The number of carbonyl (C=O) groups excluding carboxylic acids is 1. The summed E-state index contributed by atoms with van der Waals surface area (Å²) in [4.78, 5) is 16.4. The van der Waals surface area contributed by atoms with E-state index in [1.54, 1.807) is 24.3 Å². The van der Waals surface area contributed by atoms with Gasteiger partial charge in [-0.3, -0.25) is 9.78 Å². The number of aromatic nitrogens is 1. The van der Waals surface area contributed by atoms with Gasteiger partial charge in [0.15, 0.2) is 0 Å². The van der Waals surface area contributed by atoms with E-state index in [-0.39, 0.29) is 17.8 Å². The second kappa shape index (κ2) is 6.85. The number of piperidine rings is 1. The van der Waals surface area contributed by atoms with Gasteiger partial charge >= 0.3 is 0 Å². The highest BCUT2D eigenvalue weighted by atomic mass is 19.1. The maximum atomic E-state index is 13.2. The van der Waals surface area contributed by atoms with E-state index in [1.165, 1.54) is 23.4 Å². The van der Waals surface area contributed by atoms with Gasteiger partial charge in [0.1, 0.15) is 5.82 Å². The van der Waals surface area contributed by atoms with Crippen molar-refractivity contribution in [3.8, 4) is 11.3 Å². The first-order valence-electron chi connectivity index (χ1n) is 7.58. The van der Waals surface area contributed by atoms with Gasteiger partial charge in [-0.15, -0.1) is 0 Å². The summed E-state index contributed by atoms with van der Waals surface area (Å²) in [5, 5.41) is 13.5. The third kappa shape index (κ3) is 3.91. The van der Waals surface area contributed by atoms with E-state index < -0.39 is 0 Å². The number of benzene rings is 1. The van der Waals surface area contributed by atoms with E-state index >= 15 is 0 Å². The Morgan fingerprint density at radius 2 is 2.04 bits per heavy atom. The molecule has 1 aromatic carbocycles. The monoisotopic (exact) mass is 315 g/mol. The molecule has 1 aliphatic rings. The van der Waals surface area contributed by atoms with Gasteiger partial charge in [-0.05, 0) is 37.1 Å². The van der Waals surface area contributed by atoms with Crippen molar-refractivity contribution in [3.05, 3.63) is 54.0 Å². The minimum atomic E-state index is -0.318. The van der Waals surface area contributed by atoms with Crippen LogP contribution in [0.2, 0.25) is 0 Å². The molecule has 0 saturated carbocycles. The van der Waals surface area contributed by atoms with E-state index in [2.05, 4.69) is 10.3 Å². The zero-order valence-corrected chi connectivity index (χ0v) is 12.6. The maximum absolute atomic E-state index is 13.2. The predicted molar refractivity (Wildman–Crippen MR) is 83.5 cm³/mol. The van der Waals surface area contributed by atoms with Crippen molar-refractivity contribution in [2.45, 2.75) is 18.9 Å². The van der Waals surface area contributed by atoms with E-state index in [1.807, 2.05) is 0 Å². The molecule has 1 saturated heterocycles. The molecule has 1 fully saturated rings. The van der Waals surface area contributed by atoms with Crippen LogP contribution in [0.5, 0.6) is 0 Å². The van der Waals surface area contributed by atoms with Crippen LogP contribution in [0.15, 0.2) is 42.6 Å². The lowest BCUT2D eigenvalue weighted by Crippen LogP contribution is -2.43. The van der Waals surface area contributed by atoms with Crippen molar-refractivity contribution in [1.82, 2.24) is 15.4 Å². The van der Waals surface area contributed by atoms with Gasteiger partial charge < -0.3 is 10.5 Å². The average molecular weight is 315 g/mol. The Labute approximate surface area is 133 Å². The molecule has 120 valence electrons. The van der Waals surface area contributed by atoms with E-state index in [0.29, 0.717) is 29.9 Å². The van der Waals surface area contributed by atoms with Crippen molar-refractivity contribution in [1.29, 1.82) is 0 Å². The highest BCUT2D eigenvalue weighted by Crippen LogP contribution is 2.18. The van der Waals surface area contributed by atoms with Gasteiger partial charge in [-0.1, -0.05) is 12.1 Å². The maximum Gasteiger partial charge on any atom is 0.253 e. The van der Waals surface area contributed by atoms with Crippen molar-refractivity contribution >= 4 is 5.91 Å². The fourth-order valence-electron chi connectivity index (χ4n) is 2.63. The van der Waals surface area contributed by atoms with Gasteiger partial charge in [-0.2, -0.15) is 5.06 Å². The lowest BCUT2D eigenvalue weighted by molar-refractivity contribution is -0.107. The number of pyridine rings is 1. The molecule has 3 rings (SSSR count). The zero-order valence-electron chi connectivity index (χ0n) is 12.6. The second-order valence-corrected chi connectivity index (χ2v) is 5.64. The smallest absolute Gasteiger partial charge is 0.253 e. The molecular weight excluding hydrogens is 297 g/mol. The minimum absolute atomic E-state index is 0.0637. The summed E-state index contributed by atoms with van der Waals surface area (Å²) < 4.78 is 13.2. The van der Waals surface area contributed by atoms with Crippen LogP contribution >= 0.6 is 0 Å². The molecule has 2 heterocycles. The number of nitrogens with zero attached hydrogens (tertiary/aromatic N) is 2. The normalized spacial score (nSPS) is 16.3. The predicted octanol–water partition coefficient (Wildman–Crippen LogP) is 2.47. The fourth-order valence-corrected chi connectivity index (χ4v) is 2.63. The third-order valence-corrected chi connectivity index (χ3v) is 3.95. The molecule has 0 bridgehead atoms. The second-order valence-electron chi connectivity index (χ2n) is 5.64. The largest absolute Gasteiger partial charge is 0.349 e. The number of halogens is 1. The lowest BCUT2D eigenvalue weighted by Gasteiger charge is -2.28. The molecule has 6 heteroatoms. The molecule has 1 aliphatic heterocycles. The zero-order chi connectivity index (χ0) is 16.2. The summed E-state index contributed by atoms with van der Waals surface area (Å²) in [5.41, 5.74) is 1.76. The highest BCUT2D eigenvalue weighted by Gasteiger charge is 2.20. The molecule has 23 heavy (non-hydrogen) atoms. The molecule has 0 aliphatic carbocycles. The van der Waals surface area contributed by atoms with Crippen molar-refractivity contribution in [2.24, 2.45) is 0 Å². The van der Waals surface area contributed by atoms with Crippen LogP contribution in [-0.2, 0) is 0 Å². The summed E-state index contributed by atoms with van der Waals surface area (Å²) in [6, 6.07) is 9.64. The van der Waals surface area contributed by atoms with E-state index in [4.69, 9.17) is 0 Å². The quantitative estimate of drug-likeness (QED) is 0.913.